The Bertz CT molecular complexity index is 737. The standard InChI is InChI=1S/C19H21FN4O/c20-14-3-1-12(2-4-14)18-16-11-15(5-6-17(16)23-24-18)22-19(25)13-7-9-21-10-8-13/h1-4,7-10,15-18,23-24H,5-6,11H2,(H,22,25). The van der Waals surface area contributed by atoms with Crippen molar-refractivity contribution < 1.29 is 9.18 Å². The number of rotatable bonds is 3. The first-order chi connectivity index (χ1) is 12.2. The highest BCUT2D eigenvalue weighted by Gasteiger charge is 2.41. The number of pyridine rings is 1. The molecule has 4 atom stereocenters. The van der Waals surface area contributed by atoms with E-state index in [0.29, 0.717) is 17.5 Å². The van der Waals surface area contributed by atoms with E-state index in [1.54, 1.807) is 24.5 Å². The van der Waals surface area contributed by atoms with E-state index < -0.39 is 0 Å². The lowest BCUT2D eigenvalue weighted by molar-refractivity contribution is 0.0915. The number of benzene rings is 1. The first kappa shape index (κ1) is 16.2. The van der Waals surface area contributed by atoms with Crippen molar-refractivity contribution >= 4 is 5.91 Å². The first-order valence-corrected chi connectivity index (χ1v) is 8.68. The van der Waals surface area contributed by atoms with Crippen molar-refractivity contribution in [3.8, 4) is 0 Å². The summed E-state index contributed by atoms with van der Waals surface area (Å²) in [6.45, 7) is 0. The van der Waals surface area contributed by atoms with Crippen LogP contribution in [0.15, 0.2) is 48.8 Å². The fourth-order valence-corrected chi connectivity index (χ4v) is 3.96. The van der Waals surface area contributed by atoms with Gasteiger partial charge in [0, 0.05) is 30.0 Å². The van der Waals surface area contributed by atoms with Gasteiger partial charge in [0.2, 0.25) is 0 Å². The quantitative estimate of drug-likeness (QED) is 0.802. The third-order valence-electron chi connectivity index (χ3n) is 5.26. The molecule has 0 bridgehead atoms. The fraction of sp³-hybridized carbons (Fsp3) is 0.368. The predicted octanol–water partition coefficient (Wildman–Crippen LogP) is 2.34. The van der Waals surface area contributed by atoms with Crippen molar-refractivity contribution in [1.29, 1.82) is 0 Å². The summed E-state index contributed by atoms with van der Waals surface area (Å²) < 4.78 is 13.2. The summed E-state index contributed by atoms with van der Waals surface area (Å²) in [4.78, 5) is 16.3. The van der Waals surface area contributed by atoms with Gasteiger partial charge in [-0.2, -0.15) is 0 Å². The van der Waals surface area contributed by atoms with Gasteiger partial charge in [0.1, 0.15) is 5.82 Å². The van der Waals surface area contributed by atoms with Gasteiger partial charge in [-0.15, -0.1) is 0 Å². The Morgan fingerprint density at radius 2 is 1.84 bits per heavy atom. The van der Waals surface area contributed by atoms with E-state index in [0.717, 1.165) is 24.8 Å². The smallest absolute Gasteiger partial charge is 0.251 e. The highest BCUT2D eigenvalue weighted by molar-refractivity contribution is 5.94. The molecule has 1 saturated carbocycles. The van der Waals surface area contributed by atoms with Crippen LogP contribution in [0.4, 0.5) is 4.39 Å². The normalized spacial score (nSPS) is 28.4. The number of hydrogen-bond acceptors (Lipinski definition) is 4. The first-order valence-electron chi connectivity index (χ1n) is 8.68. The molecular weight excluding hydrogens is 319 g/mol. The molecule has 3 N–H and O–H groups in total. The molecule has 2 aromatic rings. The van der Waals surface area contributed by atoms with Gasteiger partial charge in [-0.3, -0.25) is 15.2 Å². The molecule has 25 heavy (non-hydrogen) atoms. The summed E-state index contributed by atoms with van der Waals surface area (Å²) in [5, 5.41) is 3.15. The molecule has 6 heteroatoms. The third-order valence-corrected chi connectivity index (χ3v) is 5.26. The SMILES string of the molecule is O=C(NC1CCC2NNC(c3ccc(F)cc3)C2C1)c1ccncc1. The van der Waals surface area contributed by atoms with Crippen molar-refractivity contribution in [2.24, 2.45) is 5.92 Å². The second kappa shape index (κ2) is 6.90. The predicted molar refractivity (Wildman–Crippen MR) is 92.0 cm³/mol. The summed E-state index contributed by atoms with van der Waals surface area (Å²) in [5.74, 6) is 0.0856. The molecule has 1 aromatic heterocycles. The number of aromatic nitrogens is 1. The zero-order chi connectivity index (χ0) is 17.2. The van der Waals surface area contributed by atoms with Gasteiger partial charge in [0.05, 0.1) is 6.04 Å². The van der Waals surface area contributed by atoms with Crippen molar-refractivity contribution in [2.75, 3.05) is 0 Å². The third kappa shape index (κ3) is 3.41. The van der Waals surface area contributed by atoms with Crippen LogP contribution in [0, 0.1) is 11.7 Å². The highest BCUT2D eigenvalue weighted by atomic mass is 19.1. The molecule has 2 heterocycles. The van der Waals surface area contributed by atoms with Crippen LogP contribution in [0.3, 0.4) is 0 Å². The Balaban J connectivity index is 1.44. The monoisotopic (exact) mass is 340 g/mol. The van der Waals surface area contributed by atoms with Gasteiger partial charge in [0.15, 0.2) is 0 Å². The molecule has 1 saturated heterocycles. The average Bonchev–Trinajstić information content (AvgIpc) is 3.06. The minimum atomic E-state index is -0.225. The van der Waals surface area contributed by atoms with Crippen molar-refractivity contribution in [3.63, 3.8) is 0 Å². The van der Waals surface area contributed by atoms with Crippen LogP contribution in [0.25, 0.3) is 0 Å². The zero-order valence-electron chi connectivity index (χ0n) is 13.8. The van der Waals surface area contributed by atoms with E-state index in [1.165, 1.54) is 12.1 Å². The van der Waals surface area contributed by atoms with Gasteiger partial charge >= 0.3 is 0 Å². The highest BCUT2D eigenvalue weighted by Crippen LogP contribution is 2.38. The number of carbonyl (C=O) groups is 1. The lowest BCUT2D eigenvalue weighted by Crippen LogP contribution is -2.44. The number of hydrazine groups is 1. The van der Waals surface area contributed by atoms with Gasteiger partial charge < -0.3 is 5.32 Å². The maximum atomic E-state index is 13.2. The second-order valence-corrected chi connectivity index (χ2v) is 6.81. The van der Waals surface area contributed by atoms with Crippen molar-refractivity contribution in [2.45, 2.75) is 37.4 Å². The van der Waals surface area contributed by atoms with Crippen LogP contribution >= 0.6 is 0 Å². The van der Waals surface area contributed by atoms with Crippen LogP contribution in [-0.4, -0.2) is 23.0 Å². The maximum absolute atomic E-state index is 13.2. The van der Waals surface area contributed by atoms with Crippen molar-refractivity contribution in [1.82, 2.24) is 21.2 Å². The number of halogens is 1. The fourth-order valence-electron chi connectivity index (χ4n) is 3.96. The molecule has 1 amide bonds. The van der Waals surface area contributed by atoms with Crippen molar-refractivity contribution in [3.05, 3.63) is 65.7 Å². The van der Waals surface area contributed by atoms with Crippen LogP contribution in [-0.2, 0) is 0 Å². The van der Waals surface area contributed by atoms with E-state index in [-0.39, 0.29) is 23.8 Å². The van der Waals surface area contributed by atoms with Crippen LogP contribution in [0.5, 0.6) is 0 Å². The van der Waals surface area contributed by atoms with E-state index in [2.05, 4.69) is 21.2 Å². The van der Waals surface area contributed by atoms with E-state index in [4.69, 9.17) is 0 Å². The average molecular weight is 340 g/mol. The van der Waals surface area contributed by atoms with Gasteiger partial charge in [-0.05, 0) is 55.0 Å². The van der Waals surface area contributed by atoms with Crippen LogP contribution in [0.1, 0.15) is 41.2 Å². The molecule has 4 rings (SSSR count). The molecule has 5 nitrogen and oxygen atoms in total. The van der Waals surface area contributed by atoms with E-state index >= 15 is 0 Å². The summed E-state index contributed by atoms with van der Waals surface area (Å²) in [7, 11) is 0. The van der Waals surface area contributed by atoms with Gasteiger partial charge in [-0.25, -0.2) is 9.82 Å². The van der Waals surface area contributed by atoms with Gasteiger partial charge in [0.25, 0.3) is 5.91 Å². The largest absolute Gasteiger partial charge is 0.349 e. The number of fused-ring (bicyclic) bond motifs is 1. The molecule has 1 aromatic carbocycles. The summed E-state index contributed by atoms with van der Waals surface area (Å²) >= 11 is 0. The van der Waals surface area contributed by atoms with Crippen LogP contribution in [0.2, 0.25) is 0 Å². The summed E-state index contributed by atoms with van der Waals surface area (Å²) in [5.41, 5.74) is 8.41. The molecule has 0 radical (unpaired) electrons. The minimum Gasteiger partial charge on any atom is -0.349 e. The molecular formula is C19H21FN4O. The number of nitrogens with one attached hydrogen (secondary N) is 3. The minimum absolute atomic E-state index is 0.0527. The molecule has 130 valence electrons. The van der Waals surface area contributed by atoms with E-state index in [9.17, 15) is 9.18 Å². The van der Waals surface area contributed by atoms with Crippen LogP contribution < -0.4 is 16.2 Å². The summed E-state index contributed by atoms with van der Waals surface area (Å²) in [6.07, 6.45) is 6.09. The van der Waals surface area contributed by atoms with E-state index in [1.807, 2.05) is 12.1 Å². The molecule has 2 aliphatic rings. The lowest BCUT2D eigenvalue weighted by atomic mass is 9.77. The molecule has 1 aliphatic heterocycles. The zero-order valence-corrected chi connectivity index (χ0v) is 13.8. The number of carbonyl (C=O) groups excluding carboxylic acids is 1. The molecule has 2 fully saturated rings. The Morgan fingerprint density at radius 3 is 2.60 bits per heavy atom. The molecule has 1 aliphatic carbocycles. The lowest BCUT2D eigenvalue weighted by Gasteiger charge is -2.33. The Kier molecular flexibility index (Phi) is 4.46. The molecule has 0 spiro atoms. The summed E-state index contributed by atoms with van der Waals surface area (Å²) in [6, 6.07) is 10.8. The number of amides is 1. The Morgan fingerprint density at radius 1 is 1.08 bits per heavy atom. The number of hydrogen-bond donors (Lipinski definition) is 3. The second-order valence-electron chi connectivity index (χ2n) is 6.81. The van der Waals surface area contributed by atoms with Gasteiger partial charge in [-0.1, -0.05) is 12.1 Å². The maximum Gasteiger partial charge on any atom is 0.251 e. The Labute approximate surface area is 146 Å². The Hall–Kier alpha value is -2.31. The topological polar surface area (TPSA) is 66.1 Å². The number of nitrogens with zero attached hydrogens (tertiary/aromatic N) is 1. The molecule has 4 unspecified atom stereocenters.